The maximum Gasteiger partial charge on any atom is 0.240 e. The Balaban J connectivity index is 1.46. The fourth-order valence-corrected chi connectivity index (χ4v) is 4.35. The van der Waals surface area contributed by atoms with Gasteiger partial charge >= 0.3 is 0 Å². The lowest BCUT2D eigenvalue weighted by atomic mass is 10.00. The molecule has 0 bridgehead atoms. The summed E-state index contributed by atoms with van der Waals surface area (Å²) in [5.74, 6) is 1.10. The highest BCUT2D eigenvalue weighted by Crippen LogP contribution is 2.21. The first-order chi connectivity index (χ1) is 11.8. The summed E-state index contributed by atoms with van der Waals surface area (Å²) in [6.45, 7) is 11.3. The zero-order valence-corrected chi connectivity index (χ0v) is 15.4. The van der Waals surface area contributed by atoms with Crippen molar-refractivity contribution < 1.29 is 9.53 Å². The summed E-state index contributed by atoms with van der Waals surface area (Å²) in [7, 11) is 0. The van der Waals surface area contributed by atoms with E-state index in [0.717, 1.165) is 65.4 Å². The topological polar surface area (TPSA) is 36.0 Å². The molecule has 0 aromatic carbocycles. The normalized spacial score (nSPS) is 30.0. The molecular weight excluding hydrogens is 302 g/mol. The van der Waals surface area contributed by atoms with E-state index in [-0.39, 0.29) is 6.04 Å². The van der Waals surface area contributed by atoms with Crippen molar-refractivity contribution in [3.8, 4) is 0 Å². The summed E-state index contributed by atoms with van der Waals surface area (Å²) in [4.78, 5) is 20.1. The molecule has 0 radical (unpaired) electrons. The first kappa shape index (κ1) is 18.2. The second kappa shape index (κ2) is 9.16. The fourth-order valence-electron chi connectivity index (χ4n) is 4.35. The third-order valence-electron chi connectivity index (χ3n) is 5.92. The Morgan fingerprint density at radius 1 is 1.08 bits per heavy atom. The van der Waals surface area contributed by atoms with Crippen LogP contribution in [-0.2, 0) is 9.53 Å². The number of piperazine rings is 1. The highest BCUT2D eigenvalue weighted by molar-refractivity contribution is 5.82. The first-order valence-electron chi connectivity index (χ1n) is 10.1. The predicted molar refractivity (Wildman–Crippen MR) is 96.1 cm³/mol. The van der Waals surface area contributed by atoms with Gasteiger partial charge in [0.25, 0.3) is 0 Å². The lowest BCUT2D eigenvalue weighted by Crippen LogP contribution is -2.56. The summed E-state index contributed by atoms with van der Waals surface area (Å²) in [5, 5.41) is 0. The van der Waals surface area contributed by atoms with Gasteiger partial charge in [-0.25, -0.2) is 0 Å². The molecule has 0 aliphatic carbocycles. The van der Waals surface area contributed by atoms with Crippen LogP contribution in [0.15, 0.2) is 0 Å². The summed E-state index contributed by atoms with van der Waals surface area (Å²) >= 11 is 0. The smallest absolute Gasteiger partial charge is 0.240 e. The maximum atomic E-state index is 13.0. The Bertz CT molecular complexity index is 390. The zero-order valence-electron chi connectivity index (χ0n) is 15.4. The van der Waals surface area contributed by atoms with E-state index < -0.39 is 0 Å². The molecular formula is C19H35N3O2. The standard InChI is InChI=1S/C19H35N3O2/c1-2-3-8-21-9-5-4-6-18(21)19(23)22-12-10-20(11-13-22)15-17-7-14-24-16-17/h17-18H,2-16H2,1H3/t17-,18-/m0/s1. The minimum Gasteiger partial charge on any atom is -0.381 e. The molecule has 3 heterocycles. The SMILES string of the molecule is CCCCN1CCCC[C@H]1C(=O)N1CCN(C[C@@H]2CCOC2)CC1. The number of piperidine rings is 1. The number of hydrogen-bond acceptors (Lipinski definition) is 4. The van der Waals surface area contributed by atoms with Crippen molar-refractivity contribution in [2.75, 3.05) is 59.0 Å². The number of carbonyl (C=O) groups is 1. The van der Waals surface area contributed by atoms with Crippen LogP contribution in [0.2, 0.25) is 0 Å². The Morgan fingerprint density at radius 3 is 2.62 bits per heavy atom. The molecule has 2 atom stereocenters. The molecule has 3 saturated heterocycles. The third-order valence-corrected chi connectivity index (χ3v) is 5.92. The maximum absolute atomic E-state index is 13.0. The number of likely N-dealkylation sites (tertiary alicyclic amines) is 1. The van der Waals surface area contributed by atoms with Gasteiger partial charge in [0.1, 0.15) is 0 Å². The van der Waals surface area contributed by atoms with Gasteiger partial charge in [-0.05, 0) is 44.7 Å². The van der Waals surface area contributed by atoms with Crippen molar-refractivity contribution in [1.82, 2.24) is 14.7 Å². The van der Waals surface area contributed by atoms with E-state index in [1.165, 1.54) is 32.1 Å². The van der Waals surface area contributed by atoms with E-state index >= 15 is 0 Å². The highest BCUT2D eigenvalue weighted by atomic mass is 16.5. The van der Waals surface area contributed by atoms with Crippen molar-refractivity contribution >= 4 is 5.91 Å². The van der Waals surface area contributed by atoms with Gasteiger partial charge in [-0.15, -0.1) is 0 Å². The Kier molecular flexibility index (Phi) is 6.93. The van der Waals surface area contributed by atoms with Crippen molar-refractivity contribution in [2.45, 2.75) is 51.5 Å². The predicted octanol–water partition coefficient (Wildman–Crippen LogP) is 1.82. The first-order valence-corrected chi connectivity index (χ1v) is 10.1. The Labute approximate surface area is 147 Å². The molecule has 0 saturated carbocycles. The summed E-state index contributed by atoms with van der Waals surface area (Å²) < 4.78 is 5.48. The van der Waals surface area contributed by atoms with Crippen LogP contribution in [0.25, 0.3) is 0 Å². The van der Waals surface area contributed by atoms with E-state index in [1.807, 2.05) is 0 Å². The molecule has 138 valence electrons. The average Bonchev–Trinajstić information content (AvgIpc) is 3.13. The molecule has 0 aromatic heterocycles. The van der Waals surface area contributed by atoms with Gasteiger partial charge in [0.05, 0.1) is 12.6 Å². The van der Waals surface area contributed by atoms with E-state index in [2.05, 4.69) is 21.6 Å². The van der Waals surface area contributed by atoms with Crippen LogP contribution >= 0.6 is 0 Å². The summed E-state index contributed by atoms with van der Waals surface area (Å²) in [6, 6.07) is 0.153. The molecule has 0 unspecified atom stereocenters. The minimum absolute atomic E-state index is 0.153. The van der Waals surface area contributed by atoms with Crippen molar-refractivity contribution in [3.63, 3.8) is 0 Å². The van der Waals surface area contributed by atoms with Gasteiger partial charge in [-0.3, -0.25) is 14.6 Å². The van der Waals surface area contributed by atoms with Crippen LogP contribution in [0.1, 0.15) is 45.4 Å². The molecule has 3 aliphatic rings. The van der Waals surface area contributed by atoms with Gasteiger partial charge in [0.2, 0.25) is 5.91 Å². The van der Waals surface area contributed by atoms with Crippen LogP contribution in [0, 0.1) is 5.92 Å². The number of rotatable bonds is 6. The van der Waals surface area contributed by atoms with Crippen molar-refractivity contribution in [1.29, 1.82) is 0 Å². The van der Waals surface area contributed by atoms with E-state index in [0.29, 0.717) is 11.8 Å². The molecule has 0 aromatic rings. The number of unbranched alkanes of at least 4 members (excludes halogenated alkanes) is 1. The Hall–Kier alpha value is -0.650. The lowest BCUT2D eigenvalue weighted by molar-refractivity contribution is -0.140. The number of ether oxygens (including phenoxy) is 1. The summed E-state index contributed by atoms with van der Waals surface area (Å²) in [5.41, 5.74) is 0. The van der Waals surface area contributed by atoms with Gasteiger partial charge in [-0.2, -0.15) is 0 Å². The van der Waals surface area contributed by atoms with Gasteiger partial charge in [0.15, 0.2) is 0 Å². The molecule has 1 amide bonds. The molecule has 3 aliphatic heterocycles. The molecule has 3 rings (SSSR count). The molecule has 5 heteroatoms. The molecule has 0 spiro atoms. The monoisotopic (exact) mass is 337 g/mol. The van der Waals surface area contributed by atoms with Crippen LogP contribution in [0.3, 0.4) is 0 Å². The number of amides is 1. The number of carbonyl (C=O) groups excluding carboxylic acids is 1. The average molecular weight is 338 g/mol. The Morgan fingerprint density at radius 2 is 1.92 bits per heavy atom. The van der Waals surface area contributed by atoms with Crippen LogP contribution in [0.4, 0.5) is 0 Å². The minimum atomic E-state index is 0.153. The quantitative estimate of drug-likeness (QED) is 0.741. The molecule has 24 heavy (non-hydrogen) atoms. The van der Waals surface area contributed by atoms with Crippen molar-refractivity contribution in [2.24, 2.45) is 5.92 Å². The van der Waals surface area contributed by atoms with Gasteiger partial charge in [-0.1, -0.05) is 19.8 Å². The second-order valence-corrected chi connectivity index (χ2v) is 7.76. The van der Waals surface area contributed by atoms with E-state index in [4.69, 9.17) is 4.74 Å². The van der Waals surface area contributed by atoms with Crippen LogP contribution < -0.4 is 0 Å². The van der Waals surface area contributed by atoms with Crippen LogP contribution in [0.5, 0.6) is 0 Å². The molecule has 5 nitrogen and oxygen atoms in total. The van der Waals surface area contributed by atoms with Crippen molar-refractivity contribution in [3.05, 3.63) is 0 Å². The number of nitrogens with zero attached hydrogens (tertiary/aromatic N) is 3. The zero-order chi connectivity index (χ0) is 16.8. The summed E-state index contributed by atoms with van der Waals surface area (Å²) in [6.07, 6.45) is 7.14. The largest absolute Gasteiger partial charge is 0.381 e. The highest BCUT2D eigenvalue weighted by Gasteiger charge is 2.33. The number of hydrogen-bond donors (Lipinski definition) is 0. The fraction of sp³-hybridized carbons (Fsp3) is 0.947. The van der Waals surface area contributed by atoms with E-state index in [9.17, 15) is 4.79 Å². The molecule has 3 fully saturated rings. The van der Waals surface area contributed by atoms with E-state index in [1.54, 1.807) is 0 Å². The molecule has 0 N–H and O–H groups in total. The van der Waals surface area contributed by atoms with Gasteiger partial charge < -0.3 is 9.64 Å². The second-order valence-electron chi connectivity index (χ2n) is 7.76. The van der Waals surface area contributed by atoms with Crippen LogP contribution in [-0.4, -0.2) is 85.7 Å². The van der Waals surface area contributed by atoms with Gasteiger partial charge in [0, 0.05) is 39.3 Å². The lowest BCUT2D eigenvalue weighted by Gasteiger charge is -2.41. The third kappa shape index (κ3) is 4.70.